The zero-order valence-corrected chi connectivity index (χ0v) is 13.7. The van der Waals surface area contributed by atoms with Gasteiger partial charge in [-0.25, -0.2) is 4.98 Å². The second-order valence-corrected chi connectivity index (χ2v) is 5.57. The lowest BCUT2D eigenvalue weighted by Crippen LogP contribution is -2.22. The molecule has 0 aliphatic heterocycles. The first kappa shape index (κ1) is 16.8. The highest BCUT2D eigenvalue weighted by Crippen LogP contribution is 2.17. The van der Waals surface area contributed by atoms with Crippen molar-refractivity contribution in [2.24, 2.45) is 0 Å². The summed E-state index contributed by atoms with van der Waals surface area (Å²) in [5.41, 5.74) is 0.933. The number of aromatic nitrogens is 6. The van der Waals surface area contributed by atoms with Crippen molar-refractivity contribution in [1.82, 2.24) is 29.8 Å². The SMILES string of the molecule is O=c1c2ccccc2ncn1Cc1nnnn1-c1ccc(OC(F)F)cc1. The van der Waals surface area contributed by atoms with E-state index in [1.807, 2.05) is 0 Å². The van der Waals surface area contributed by atoms with Crippen LogP contribution in [0.4, 0.5) is 8.78 Å². The molecule has 0 radical (unpaired) electrons. The molecule has 4 aromatic rings. The lowest BCUT2D eigenvalue weighted by molar-refractivity contribution is -0.0498. The molecule has 0 atom stereocenters. The van der Waals surface area contributed by atoms with Gasteiger partial charge in [0, 0.05) is 0 Å². The minimum Gasteiger partial charge on any atom is -0.435 e. The highest BCUT2D eigenvalue weighted by Gasteiger charge is 2.12. The van der Waals surface area contributed by atoms with Crippen LogP contribution in [-0.4, -0.2) is 36.4 Å². The normalized spacial score (nSPS) is 11.2. The first-order valence-corrected chi connectivity index (χ1v) is 7.88. The van der Waals surface area contributed by atoms with Crippen LogP contribution in [0.1, 0.15) is 5.82 Å². The van der Waals surface area contributed by atoms with Crippen molar-refractivity contribution in [3.63, 3.8) is 0 Å². The van der Waals surface area contributed by atoms with Gasteiger partial charge in [0.2, 0.25) is 0 Å². The highest BCUT2D eigenvalue weighted by atomic mass is 19.3. The van der Waals surface area contributed by atoms with Gasteiger partial charge in [0.15, 0.2) is 5.82 Å². The average Bonchev–Trinajstić information content (AvgIpc) is 3.13. The largest absolute Gasteiger partial charge is 0.435 e. The number of halogens is 2. The molecule has 0 amide bonds. The Bertz CT molecular complexity index is 1140. The number of fused-ring (bicyclic) bond motifs is 1. The average molecular weight is 370 g/mol. The maximum Gasteiger partial charge on any atom is 0.387 e. The van der Waals surface area contributed by atoms with E-state index in [1.165, 1.54) is 27.7 Å². The number of tetrazole rings is 1. The van der Waals surface area contributed by atoms with E-state index in [-0.39, 0.29) is 17.9 Å². The first-order chi connectivity index (χ1) is 13.1. The molecule has 8 nitrogen and oxygen atoms in total. The van der Waals surface area contributed by atoms with Gasteiger partial charge in [-0.05, 0) is 46.8 Å². The minimum absolute atomic E-state index is 0.0262. The minimum atomic E-state index is -2.90. The molecule has 2 heterocycles. The van der Waals surface area contributed by atoms with Gasteiger partial charge in [0.25, 0.3) is 5.56 Å². The van der Waals surface area contributed by atoms with Crippen molar-refractivity contribution < 1.29 is 13.5 Å². The van der Waals surface area contributed by atoms with E-state index in [4.69, 9.17) is 0 Å². The summed E-state index contributed by atoms with van der Waals surface area (Å²) < 4.78 is 31.6. The molecule has 136 valence electrons. The van der Waals surface area contributed by atoms with Crippen LogP contribution >= 0.6 is 0 Å². The second kappa shape index (κ2) is 6.90. The van der Waals surface area contributed by atoms with Crippen molar-refractivity contribution in [3.8, 4) is 11.4 Å². The molecule has 27 heavy (non-hydrogen) atoms. The smallest absolute Gasteiger partial charge is 0.387 e. The third kappa shape index (κ3) is 3.36. The summed E-state index contributed by atoms with van der Waals surface area (Å²) in [6.07, 6.45) is 1.43. The third-order valence-corrected chi connectivity index (χ3v) is 3.88. The van der Waals surface area contributed by atoms with Crippen LogP contribution < -0.4 is 10.3 Å². The topological polar surface area (TPSA) is 87.7 Å². The summed E-state index contributed by atoms with van der Waals surface area (Å²) >= 11 is 0. The molecule has 2 aromatic heterocycles. The highest BCUT2D eigenvalue weighted by molar-refractivity contribution is 5.76. The number of para-hydroxylation sites is 1. The van der Waals surface area contributed by atoms with E-state index in [9.17, 15) is 13.6 Å². The van der Waals surface area contributed by atoms with Gasteiger partial charge in [-0.15, -0.1) is 5.10 Å². The van der Waals surface area contributed by atoms with E-state index < -0.39 is 6.61 Å². The molecular weight excluding hydrogens is 358 g/mol. The van der Waals surface area contributed by atoms with E-state index in [1.54, 1.807) is 36.4 Å². The van der Waals surface area contributed by atoms with Gasteiger partial charge >= 0.3 is 6.61 Å². The van der Waals surface area contributed by atoms with Gasteiger partial charge in [-0.3, -0.25) is 9.36 Å². The zero-order valence-electron chi connectivity index (χ0n) is 13.7. The van der Waals surface area contributed by atoms with E-state index >= 15 is 0 Å². The van der Waals surface area contributed by atoms with Gasteiger partial charge < -0.3 is 4.74 Å². The summed E-state index contributed by atoms with van der Waals surface area (Å²) in [5, 5.41) is 12.0. The van der Waals surface area contributed by atoms with Crippen LogP contribution in [0.15, 0.2) is 59.7 Å². The van der Waals surface area contributed by atoms with Gasteiger partial charge in [0.1, 0.15) is 5.75 Å². The van der Waals surface area contributed by atoms with Gasteiger partial charge in [-0.2, -0.15) is 13.5 Å². The van der Waals surface area contributed by atoms with Crippen molar-refractivity contribution in [3.05, 3.63) is 71.0 Å². The molecule has 0 spiro atoms. The fourth-order valence-electron chi connectivity index (χ4n) is 2.64. The van der Waals surface area contributed by atoms with Crippen LogP contribution in [0, 0.1) is 0 Å². The van der Waals surface area contributed by atoms with Crippen LogP contribution in [0.5, 0.6) is 5.75 Å². The van der Waals surface area contributed by atoms with Crippen molar-refractivity contribution >= 4 is 10.9 Å². The Balaban J connectivity index is 1.65. The molecule has 0 N–H and O–H groups in total. The molecule has 0 fully saturated rings. The summed E-state index contributed by atoms with van der Waals surface area (Å²) in [5.74, 6) is 0.412. The maximum absolute atomic E-state index is 12.6. The lowest BCUT2D eigenvalue weighted by Gasteiger charge is -2.08. The molecule has 0 saturated heterocycles. The predicted molar refractivity (Wildman–Crippen MR) is 90.9 cm³/mol. The fraction of sp³-hybridized carbons (Fsp3) is 0.118. The van der Waals surface area contributed by atoms with E-state index in [0.717, 1.165) is 0 Å². The first-order valence-electron chi connectivity index (χ1n) is 7.88. The standard InChI is InChI=1S/C17H12F2N6O2/c18-17(19)27-12-7-5-11(6-8-12)25-15(21-22-23-25)9-24-10-20-14-4-2-1-3-13(14)16(24)26/h1-8,10,17H,9H2. The Morgan fingerprint density at radius 2 is 1.85 bits per heavy atom. The predicted octanol–water partition coefficient (Wildman–Crippen LogP) is 2.02. The maximum atomic E-state index is 12.6. The molecular formula is C17H12F2N6O2. The number of ether oxygens (including phenoxy) is 1. The Labute approximate surface area is 150 Å². The van der Waals surface area contributed by atoms with Crippen molar-refractivity contribution in [2.45, 2.75) is 13.2 Å². The monoisotopic (exact) mass is 370 g/mol. The number of benzene rings is 2. The Kier molecular flexibility index (Phi) is 4.29. The van der Waals surface area contributed by atoms with Crippen LogP contribution in [-0.2, 0) is 6.54 Å². The van der Waals surface area contributed by atoms with Crippen LogP contribution in [0.3, 0.4) is 0 Å². The summed E-state index contributed by atoms with van der Waals surface area (Å²) in [4.78, 5) is 16.9. The molecule has 10 heteroatoms. The second-order valence-electron chi connectivity index (χ2n) is 5.57. The Morgan fingerprint density at radius 1 is 1.07 bits per heavy atom. The number of alkyl halides is 2. The Morgan fingerprint density at radius 3 is 2.63 bits per heavy atom. The summed E-state index contributed by atoms with van der Waals surface area (Å²) in [6, 6.07) is 12.9. The van der Waals surface area contributed by atoms with Crippen molar-refractivity contribution in [2.75, 3.05) is 0 Å². The van der Waals surface area contributed by atoms with Crippen LogP contribution in [0.25, 0.3) is 16.6 Å². The molecule has 0 aliphatic rings. The zero-order chi connectivity index (χ0) is 18.8. The third-order valence-electron chi connectivity index (χ3n) is 3.88. The molecule has 0 saturated carbocycles. The number of hydrogen-bond donors (Lipinski definition) is 0. The van der Waals surface area contributed by atoms with Gasteiger partial charge in [0.05, 0.1) is 29.5 Å². The molecule has 4 rings (SSSR count). The molecule has 2 aromatic carbocycles. The number of rotatable bonds is 5. The fourth-order valence-corrected chi connectivity index (χ4v) is 2.64. The summed E-state index contributed by atoms with van der Waals surface area (Å²) in [7, 11) is 0. The number of hydrogen-bond acceptors (Lipinski definition) is 6. The summed E-state index contributed by atoms with van der Waals surface area (Å²) in [6.45, 7) is -2.80. The molecule has 0 bridgehead atoms. The van der Waals surface area contributed by atoms with Gasteiger partial charge in [-0.1, -0.05) is 12.1 Å². The van der Waals surface area contributed by atoms with Crippen LogP contribution in [0.2, 0.25) is 0 Å². The van der Waals surface area contributed by atoms with E-state index in [0.29, 0.717) is 22.4 Å². The quantitative estimate of drug-likeness (QED) is 0.534. The Hall–Kier alpha value is -3.69. The molecule has 0 aliphatic carbocycles. The lowest BCUT2D eigenvalue weighted by atomic mass is 10.2. The molecule has 0 unspecified atom stereocenters. The van der Waals surface area contributed by atoms with E-state index in [2.05, 4.69) is 25.2 Å². The van der Waals surface area contributed by atoms with Crippen molar-refractivity contribution in [1.29, 1.82) is 0 Å². The number of nitrogens with zero attached hydrogens (tertiary/aromatic N) is 6.